The summed E-state index contributed by atoms with van der Waals surface area (Å²) in [5, 5.41) is 12.4. The summed E-state index contributed by atoms with van der Waals surface area (Å²) < 4.78 is 5.86. The maximum atomic E-state index is 5.86. The quantitative estimate of drug-likeness (QED) is 0.573. The third-order valence-corrected chi connectivity index (χ3v) is 5.05. The second-order valence-electron chi connectivity index (χ2n) is 6.99. The van der Waals surface area contributed by atoms with E-state index in [9.17, 15) is 0 Å². The van der Waals surface area contributed by atoms with Gasteiger partial charge in [-0.3, -0.25) is 0 Å². The lowest BCUT2D eigenvalue weighted by molar-refractivity contribution is 0.627. The number of hydrogen-bond donors (Lipinski definition) is 1. The Morgan fingerprint density at radius 2 is 2.04 bits per heavy atom. The first-order valence-corrected chi connectivity index (χ1v) is 9.54. The molecule has 0 saturated heterocycles. The monoisotopic (exact) mass is 372 g/mol. The Labute approximate surface area is 162 Å². The van der Waals surface area contributed by atoms with Gasteiger partial charge in [-0.2, -0.15) is 5.10 Å². The molecule has 1 N–H and O–H groups in total. The topological polar surface area (TPSA) is 89.6 Å². The van der Waals surface area contributed by atoms with E-state index in [0.29, 0.717) is 30.4 Å². The van der Waals surface area contributed by atoms with E-state index in [1.165, 1.54) is 17.7 Å². The predicted molar refractivity (Wildman–Crippen MR) is 106 cm³/mol. The number of anilines is 1. The zero-order valence-corrected chi connectivity index (χ0v) is 15.6. The molecule has 1 aliphatic carbocycles. The van der Waals surface area contributed by atoms with Crippen molar-refractivity contribution >= 4 is 16.9 Å². The molecule has 3 heterocycles. The van der Waals surface area contributed by atoms with Crippen LogP contribution >= 0.6 is 0 Å². The Balaban J connectivity index is 1.29. The number of hydrogen-bond acceptors (Lipinski definition) is 7. The van der Waals surface area contributed by atoms with Crippen LogP contribution in [0.5, 0.6) is 0 Å². The second-order valence-corrected chi connectivity index (χ2v) is 6.99. The summed E-state index contributed by atoms with van der Waals surface area (Å²) in [6, 6.07) is 9.84. The number of para-hydroxylation sites is 1. The third kappa shape index (κ3) is 3.19. The van der Waals surface area contributed by atoms with E-state index in [4.69, 9.17) is 9.40 Å². The SMILES string of the molecule is Cc1nc(CCNc2nncc(-c3cc4ccccc4o3)n2)nc2c1CCC2. The number of rotatable bonds is 5. The molecular formula is C21H20N6O. The minimum atomic E-state index is 0.468. The fraction of sp³-hybridized carbons (Fsp3) is 0.286. The molecule has 140 valence electrons. The van der Waals surface area contributed by atoms with Crippen LogP contribution in [-0.2, 0) is 19.3 Å². The minimum Gasteiger partial charge on any atom is -0.454 e. The van der Waals surface area contributed by atoms with Crippen molar-refractivity contribution in [3.63, 3.8) is 0 Å². The number of aromatic nitrogens is 5. The van der Waals surface area contributed by atoms with Crippen molar-refractivity contribution < 1.29 is 4.42 Å². The number of aryl methyl sites for hydroxylation is 2. The highest BCUT2D eigenvalue weighted by atomic mass is 16.3. The van der Waals surface area contributed by atoms with Gasteiger partial charge in [-0.1, -0.05) is 18.2 Å². The van der Waals surface area contributed by atoms with Crippen LogP contribution in [0.3, 0.4) is 0 Å². The standard InChI is InChI=1S/C21H20N6O/c1-13-15-6-4-7-16(15)25-20(24-13)9-10-22-21-26-17(12-23-27-21)19-11-14-5-2-3-8-18(14)28-19/h2-3,5,8,11-12H,4,6-7,9-10H2,1H3,(H,22,26,27). The fourth-order valence-corrected chi connectivity index (χ4v) is 3.69. The lowest BCUT2D eigenvalue weighted by atomic mass is 10.2. The van der Waals surface area contributed by atoms with Gasteiger partial charge in [0.1, 0.15) is 17.1 Å². The first-order valence-electron chi connectivity index (χ1n) is 9.54. The Kier molecular flexibility index (Phi) is 4.20. The Bertz CT molecular complexity index is 1120. The Morgan fingerprint density at radius 1 is 1.11 bits per heavy atom. The molecule has 28 heavy (non-hydrogen) atoms. The van der Waals surface area contributed by atoms with Crippen LogP contribution in [0.25, 0.3) is 22.4 Å². The van der Waals surface area contributed by atoms with E-state index in [2.05, 4.69) is 32.4 Å². The van der Waals surface area contributed by atoms with E-state index in [-0.39, 0.29) is 0 Å². The molecular weight excluding hydrogens is 352 g/mol. The number of nitrogens with one attached hydrogen (secondary N) is 1. The van der Waals surface area contributed by atoms with Gasteiger partial charge in [0.15, 0.2) is 5.76 Å². The van der Waals surface area contributed by atoms with Crippen LogP contribution in [0.2, 0.25) is 0 Å². The number of fused-ring (bicyclic) bond motifs is 2. The molecule has 7 heteroatoms. The van der Waals surface area contributed by atoms with Gasteiger partial charge >= 0.3 is 0 Å². The summed E-state index contributed by atoms with van der Waals surface area (Å²) in [5.74, 6) is 2.01. The minimum absolute atomic E-state index is 0.468. The second kappa shape index (κ2) is 6.99. The zero-order chi connectivity index (χ0) is 18.9. The van der Waals surface area contributed by atoms with E-state index in [0.717, 1.165) is 35.3 Å². The summed E-state index contributed by atoms with van der Waals surface area (Å²) >= 11 is 0. The summed E-state index contributed by atoms with van der Waals surface area (Å²) in [5.41, 5.74) is 5.14. The maximum Gasteiger partial charge on any atom is 0.243 e. The third-order valence-electron chi connectivity index (χ3n) is 5.05. The van der Waals surface area contributed by atoms with Crippen LogP contribution in [-0.4, -0.2) is 31.7 Å². The summed E-state index contributed by atoms with van der Waals surface area (Å²) in [6.45, 7) is 2.72. The molecule has 7 nitrogen and oxygen atoms in total. The first-order chi connectivity index (χ1) is 13.8. The van der Waals surface area contributed by atoms with Crippen molar-refractivity contribution in [1.82, 2.24) is 25.1 Å². The molecule has 0 amide bonds. The van der Waals surface area contributed by atoms with Crippen LogP contribution in [0, 0.1) is 6.92 Å². The highest BCUT2D eigenvalue weighted by Crippen LogP contribution is 2.26. The van der Waals surface area contributed by atoms with Gasteiger partial charge in [-0.25, -0.2) is 15.0 Å². The lowest BCUT2D eigenvalue weighted by Gasteiger charge is -2.08. The van der Waals surface area contributed by atoms with Crippen LogP contribution < -0.4 is 5.32 Å². The van der Waals surface area contributed by atoms with Crippen molar-refractivity contribution in [2.24, 2.45) is 0 Å². The zero-order valence-electron chi connectivity index (χ0n) is 15.6. The molecule has 0 bridgehead atoms. The molecule has 0 atom stereocenters. The van der Waals surface area contributed by atoms with Crippen molar-refractivity contribution in [3.8, 4) is 11.5 Å². The van der Waals surface area contributed by atoms with Gasteiger partial charge in [-0.15, -0.1) is 5.10 Å². The molecule has 4 aromatic rings. The predicted octanol–water partition coefficient (Wildman–Crippen LogP) is 3.53. The van der Waals surface area contributed by atoms with Crippen LogP contribution in [0.15, 0.2) is 40.9 Å². The molecule has 0 spiro atoms. The molecule has 1 aromatic carbocycles. The molecule has 1 aliphatic rings. The summed E-state index contributed by atoms with van der Waals surface area (Å²) in [7, 11) is 0. The van der Waals surface area contributed by atoms with Crippen LogP contribution in [0.1, 0.15) is 29.2 Å². The van der Waals surface area contributed by atoms with Crippen LogP contribution in [0.4, 0.5) is 5.95 Å². The number of furan rings is 1. The van der Waals surface area contributed by atoms with Crippen molar-refractivity contribution in [2.75, 3.05) is 11.9 Å². The lowest BCUT2D eigenvalue weighted by Crippen LogP contribution is -2.12. The molecule has 5 rings (SSSR count). The largest absolute Gasteiger partial charge is 0.454 e. The fourth-order valence-electron chi connectivity index (χ4n) is 3.69. The van der Waals surface area contributed by atoms with Crippen molar-refractivity contribution in [3.05, 3.63) is 59.3 Å². The Hall–Kier alpha value is -3.35. The molecule has 0 saturated carbocycles. The smallest absolute Gasteiger partial charge is 0.243 e. The van der Waals surface area contributed by atoms with E-state index in [1.54, 1.807) is 6.20 Å². The highest BCUT2D eigenvalue weighted by molar-refractivity contribution is 5.82. The van der Waals surface area contributed by atoms with E-state index < -0.39 is 0 Å². The summed E-state index contributed by atoms with van der Waals surface area (Å²) in [6.07, 6.45) is 5.67. The molecule has 0 aliphatic heterocycles. The van der Waals surface area contributed by atoms with Gasteiger partial charge < -0.3 is 9.73 Å². The molecule has 3 aromatic heterocycles. The average Bonchev–Trinajstić information content (AvgIpc) is 3.35. The summed E-state index contributed by atoms with van der Waals surface area (Å²) in [4.78, 5) is 13.9. The van der Waals surface area contributed by atoms with Gasteiger partial charge in [-0.05, 0) is 43.9 Å². The first kappa shape index (κ1) is 16.8. The van der Waals surface area contributed by atoms with Gasteiger partial charge in [0.2, 0.25) is 5.95 Å². The number of nitrogens with zero attached hydrogens (tertiary/aromatic N) is 5. The molecule has 0 radical (unpaired) electrons. The molecule has 0 unspecified atom stereocenters. The van der Waals surface area contributed by atoms with E-state index in [1.807, 2.05) is 30.3 Å². The maximum absolute atomic E-state index is 5.86. The van der Waals surface area contributed by atoms with Gasteiger partial charge in [0.05, 0.1) is 6.20 Å². The van der Waals surface area contributed by atoms with Crippen molar-refractivity contribution in [2.45, 2.75) is 32.6 Å². The highest BCUT2D eigenvalue weighted by Gasteiger charge is 2.17. The molecule has 0 fully saturated rings. The van der Waals surface area contributed by atoms with E-state index >= 15 is 0 Å². The van der Waals surface area contributed by atoms with Gasteiger partial charge in [0, 0.05) is 29.7 Å². The average molecular weight is 372 g/mol. The normalized spacial score (nSPS) is 13.0. The number of benzene rings is 1. The van der Waals surface area contributed by atoms with Gasteiger partial charge in [0.25, 0.3) is 0 Å². The van der Waals surface area contributed by atoms with Crippen molar-refractivity contribution in [1.29, 1.82) is 0 Å². The Morgan fingerprint density at radius 3 is 2.96 bits per heavy atom.